The molecular formula is C37H36F3NO3. The molecule has 1 heterocycles. The van der Waals surface area contributed by atoms with Crippen LogP contribution in [-0.2, 0) is 36.0 Å². The van der Waals surface area contributed by atoms with Crippen LogP contribution in [-0.4, -0.2) is 17.8 Å². The summed E-state index contributed by atoms with van der Waals surface area (Å²) < 4.78 is 51.0. The first kappa shape index (κ1) is 31.1. The smallest absolute Gasteiger partial charge is 0.449 e. The van der Waals surface area contributed by atoms with Crippen LogP contribution in [0.25, 0.3) is 21.9 Å². The van der Waals surface area contributed by atoms with Crippen molar-refractivity contribution < 1.29 is 27.1 Å². The summed E-state index contributed by atoms with van der Waals surface area (Å²) in [5.41, 5.74) is 5.30. The number of fused-ring (bicyclic) bond motifs is 1. The molecular weight excluding hydrogens is 563 g/mol. The van der Waals surface area contributed by atoms with Crippen LogP contribution in [0.2, 0.25) is 0 Å². The minimum atomic E-state index is -4.55. The average Bonchev–Trinajstić information content (AvgIpc) is 3.48. The fourth-order valence-electron chi connectivity index (χ4n) is 5.47. The Morgan fingerprint density at radius 3 is 2.30 bits per heavy atom. The number of Topliss-reactive ketones (excluding diaryl/α,β-unsaturated/α-hetero) is 1. The zero-order valence-corrected chi connectivity index (χ0v) is 25.6. The summed E-state index contributed by atoms with van der Waals surface area (Å²) in [6.07, 6.45) is -4.55. The van der Waals surface area contributed by atoms with Crippen molar-refractivity contribution in [3.63, 3.8) is 0 Å². The van der Waals surface area contributed by atoms with E-state index in [2.05, 4.69) is 29.2 Å². The van der Waals surface area contributed by atoms with Crippen molar-refractivity contribution in [2.75, 3.05) is 7.11 Å². The summed E-state index contributed by atoms with van der Waals surface area (Å²) in [5, 5.41) is 2.20. The molecule has 228 valence electrons. The Bertz CT molecular complexity index is 1800. The summed E-state index contributed by atoms with van der Waals surface area (Å²) in [5.74, 6) is -0.0292. The van der Waals surface area contributed by atoms with Crippen molar-refractivity contribution in [1.82, 2.24) is 4.90 Å². The van der Waals surface area contributed by atoms with Gasteiger partial charge in [-0.15, -0.1) is 0 Å². The van der Waals surface area contributed by atoms with E-state index in [1.807, 2.05) is 75.4 Å². The molecule has 0 atom stereocenters. The Morgan fingerprint density at radius 2 is 1.59 bits per heavy atom. The van der Waals surface area contributed by atoms with E-state index in [1.165, 1.54) is 6.07 Å². The van der Waals surface area contributed by atoms with Gasteiger partial charge in [-0.25, -0.2) is 0 Å². The Balaban J connectivity index is 1.50. The molecule has 0 saturated heterocycles. The second-order valence-electron chi connectivity index (χ2n) is 11.8. The van der Waals surface area contributed by atoms with Crippen LogP contribution in [0.15, 0.2) is 95.4 Å². The third-order valence-corrected chi connectivity index (χ3v) is 8.46. The first-order valence-corrected chi connectivity index (χ1v) is 14.5. The number of ether oxygens (including phenoxy) is 1. The fourth-order valence-corrected chi connectivity index (χ4v) is 5.47. The van der Waals surface area contributed by atoms with Gasteiger partial charge in [-0.3, -0.25) is 9.69 Å². The van der Waals surface area contributed by atoms with Crippen LogP contribution in [0.4, 0.5) is 13.2 Å². The van der Waals surface area contributed by atoms with Crippen LogP contribution in [0.5, 0.6) is 5.75 Å². The SMILES string of the molecule is COc1cc(-c2cccc(C(C)(C)C(C)=O)c2)ccc1CN(Cc1ccc(C(F)(F)F)o1)Cc1c(C)ccc2ccccc12. The van der Waals surface area contributed by atoms with E-state index >= 15 is 0 Å². The number of ketones is 1. The number of rotatable bonds is 10. The molecule has 5 aromatic rings. The van der Waals surface area contributed by atoms with Crippen LogP contribution in [0.3, 0.4) is 0 Å². The second kappa shape index (κ2) is 12.3. The normalized spacial score (nSPS) is 12.2. The van der Waals surface area contributed by atoms with Gasteiger partial charge in [0.25, 0.3) is 0 Å². The molecule has 0 aliphatic heterocycles. The third kappa shape index (κ3) is 6.58. The van der Waals surface area contributed by atoms with Crippen molar-refractivity contribution in [3.05, 3.63) is 125 Å². The number of benzene rings is 4. The van der Waals surface area contributed by atoms with E-state index < -0.39 is 17.4 Å². The van der Waals surface area contributed by atoms with Gasteiger partial charge in [0.15, 0.2) is 0 Å². The number of carbonyl (C=O) groups is 1. The molecule has 7 heteroatoms. The average molecular weight is 600 g/mol. The molecule has 0 N–H and O–H groups in total. The summed E-state index contributed by atoms with van der Waals surface area (Å²) in [7, 11) is 1.61. The van der Waals surface area contributed by atoms with Gasteiger partial charge < -0.3 is 9.15 Å². The maximum atomic E-state index is 13.3. The molecule has 5 rings (SSSR count). The van der Waals surface area contributed by atoms with Crippen LogP contribution in [0.1, 0.15) is 54.5 Å². The minimum absolute atomic E-state index is 0.0861. The van der Waals surface area contributed by atoms with E-state index in [0.29, 0.717) is 18.8 Å². The number of hydrogen-bond donors (Lipinski definition) is 0. The second-order valence-corrected chi connectivity index (χ2v) is 11.8. The fraction of sp³-hybridized carbons (Fsp3) is 0.270. The molecule has 44 heavy (non-hydrogen) atoms. The number of furan rings is 1. The van der Waals surface area contributed by atoms with Crippen LogP contribution in [0, 0.1) is 6.92 Å². The van der Waals surface area contributed by atoms with E-state index in [-0.39, 0.29) is 18.1 Å². The molecule has 0 aliphatic carbocycles. The molecule has 0 aliphatic rings. The molecule has 4 nitrogen and oxygen atoms in total. The number of carbonyl (C=O) groups excluding carboxylic acids is 1. The lowest BCUT2D eigenvalue weighted by atomic mass is 9.80. The lowest BCUT2D eigenvalue weighted by Crippen LogP contribution is -2.26. The highest BCUT2D eigenvalue weighted by Gasteiger charge is 2.35. The van der Waals surface area contributed by atoms with E-state index in [0.717, 1.165) is 50.2 Å². The Labute approximate surface area is 256 Å². The van der Waals surface area contributed by atoms with Gasteiger partial charge in [0, 0.05) is 24.1 Å². The topological polar surface area (TPSA) is 42.7 Å². The molecule has 0 bridgehead atoms. The van der Waals surface area contributed by atoms with Gasteiger partial charge >= 0.3 is 6.18 Å². The Hall–Kier alpha value is -4.36. The summed E-state index contributed by atoms with van der Waals surface area (Å²) in [6.45, 7) is 8.55. The van der Waals surface area contributed by atoms with E-state index in [4.69, 9.17) is 9.15 Å². The Morgan fingerprint density at radius 1 is 0.841 bits per heavy atom. The highest BCUT2D eigenvalue weighted by Crippen LogP contribution is 2.34. The van der Waals surface area contributed by atoms with Crippen LogP contribution >= 0.6 is 0 Å². The standard InChI is InChI=1S/C37H36F3NO3/c1-24-13-14-26-9-6-7-12-32(26)33(24)23-41(22-31-17-18-35(44-31)37(38,39)40)21-29-16-15-28(20-34(29)43-5)27-10-8-11-30(19-27)36(3,4)25(2)42/h6-20H,21-23H2,1-5H3. The summed E-state index contributed by atoms with van der Waals surface area (Å²) in [4.78, 5) is 14.4. The number of alkyl halides is 3. The first-order valence-electron chi connectivity index (χ1n) is 14.5. The molecule has 0 amide bonds. The summed E-state index contributed by atoms with van der Waals surface area (Å²) >= 11 is 0. The van der Waals surface area contributed by atoms with Gasteiger partial charge in [0.2, 0.25) is 5.76 Å². The predicted octanol–water partition coefficient (Wildman–Crippen LogP) is 9.50. The lowest BCUT2D eigenvalue weighted by Gasteiger charge is -2.25. The van der Waals surface area contributed by atoms with Crippen molar-refractivity contribution in [3.8, 4) is 16.9 Å². The number of nitrogens with zero attached hydrogens (tertiary/aromatic N) is 1. The molecule has 0 fully saturated rings. The molecule has 0 unspecified atom stereocenters. The van der Waals surface area contributed by atoms with Crippen molar-refractivity contribution in [2.45, 2.75) is 58.9 Å². The van der Waals surface area contributed by atoms with Gasteiger partial charge in [-0.2, -0.15) is 13.2 Å². The van der Waals surface area contributed by atoms with E-state index in [9.17, 15) is 18.0 Å². The van der Waals surface area contributed by atoms with Crippen LogP contribution < -0.4 is 4.74 Å². The Kier molecular flexibility index (Phi) is 8.71. The van der Waals surface area contributed by atoms with Gasteiger partial charge in [-0.1, -0.05) is 72.8 Å². The quantitative estimate of drug-likeness (QED) is 0.160. The third-order valence-electron chi connectivity index (χ3n) is 8.46. The van der Waals surface area contributed by atoms with Crippen molar-refractivity contribution >= 4 is 16.6 Å². The molecule has 0 saturated carbocycles. The van der Waals surface area contributed by atoms with Gasteiger partial charge in [0.05, 0.1) is 13.7 Å². The molecule has 0 spiro atoms. The molecule has 4 aromatic carbocycles. The van der Waals surface area contributed by atoms with Crippen molar-refractivity contribution in [2.24, 2.45) is 0 Å². The number of halogens is 3. The maximum absolute atomic E-state index is 13.3. The largest absolute Gasteiger partial charge is 0.496 e. The zero-order valence-electron chi connectivity index (χ0n) is 25.6. The minimum Gasteiger partial charge on any atom is -0.496 e. The number of hydrogen-bond acceptors (Lipinski definition) is 4. The number of methoxy groups -OCH3 is 1. The monoisotopic (exact) mass is 599 g/mol. The number of aryl methyl sites for hydroxylation is 1. The molecule has 1 aromatic heterocycles. The molecule has 0 radical (unpaired) electrons. The highest BCUT2D eigenvalue weighted by molar-refractivity contribution is 5.88. The maximum Gasteiger partial charge on any atom is 0.449 e. The van der Waals surface area contributed by atoms with E-state index in [1.54, 1.807) is 14.0 Å². The highest BCUT2D eigenvalue weighted by atomic mass is 19.4. The van der Waals surface area contributed by atoms with Crippen molar-refractivity contribution in [1.29, 1.82) is 0 Å². The van der Waals surface area contributed by atoms with Gasteiger partial charge in [-0.05, 0) is 84.5 Å². The summed E-state index contributed by atoms with van der Waals surface area (Å²) in [6, 6.07) is 28.5. The zero-order chi connectivity index (χ0) is 31.6. The first-order chi connectivity index (χ1) is 20.9. The predicted molar refractivity (Wildman–Crippen MR) is 167 cm³/mol. The lowest BCUT2D eigenvalue weighted by molar-refractivity contribution is -0.153. The van der Waals surface area contributed by atoms with Gasteiger partial charge in [0.1, 0.15) is 17.3 Å².